The molecule has 0 aliphatic carbocycles. The monoisotopic (exact) mass is 411 g/mol. The van der Waals surface area contributed by atoms with Crippen LogP contribution in [0.15, 0.2) is 72.8 Å². The Balaban J connectivity index is 1.54. The van der Waals surface area contributed by atoms with Gasteiger partial charge in [0.2, 0.25) is 5.91 Å². The lowest BCUT2D eigenvalue weighted by molar-refractivity contribution is -0.115. The van der Waals surface area contributed by atoms with Crippen molar-refractivity contribution in [1.82, 2.24) is 0 Å². The van der Waals surface area contributed by atoms with Gasteiger partial charge in [-0.05, 0) is 66.2 Å². The van der Waals surface area contributed by atoms with Crippen LogP contribution in [0.2, 0.25) is 5.02 Å². The summed E-state index contributed by atoms with van der Waals surface area (Å²) in [5.74, 6) is 2.76. The van der Waals surface area contributed by atoms with Crippen molar-refractivity contribution in [3.63, 3.8) is 0 Å². The second-order valence-corrected chi connectivity index (χ2v) is 7.76. The maximum Gasteiger partial charge on any atom is 0.238 e. The van der Waals surface area contributed by atoms with E-state index in [1.54, 1.807) is 31.0 Å². The molecule has 3 aromatic rings. The van der Waals surface area contributed by atoms with Crippen LogP contribution in [-0.2, 0) is 4.79 Å². The van der Waals surface area contributed by atoms with Gasteiger partial charge >= 0.3 is 0 Å². The molecule has 3 aromatic carbocycles. The number of halogens is 1. The third kappa shape index (κ3) is 3.96. The molecule has 142 valence electrons. The van der Waals surface area contributed by atoms with Gasteiger partial charge in [-0.3, -0.25) is 9.69 Å². The Morgan fingerprint density at radius 2 is 1.46 bits per heavy atom. The molecule has 1 heterocycles. The van der Waals surface area contributed by atoms with Gasteiger partial charge in [-0.1, -0.05) is 23.7 Å². The van der Waals surface area contributed by atoms with Gasteiger partial charge in [0.1, 0.15) is 22.6 Å². The van der Waals surface area contributed by atoms with Crippen LogP contribution in [0, 0.1) is 0 Å². The van der Waals surface area contributed by atoms with Crippen molar-refractivity contribution < 1.29 is 14.3 Å². The van der Waals surface area contributed by atoms with Gasteiger partial charge in [-0.2, -0.15) is 0 Å². The third-order valence-corrected chi connectivity index (χ3v) is 5.90. The highest BCUT2D eigenvalue weighted by Crippen LogP contribution is 2.42. The number of methoxy groups -OCH3 is 1. The maximum absolute atomic E-state index is 12.5. The zero-order valence-corrected chi connectivity index (χ0v) is 16.7. The van der Waals surface area contributed by atoms with Crippen LogP contribution in [0.3, 0.4) is 0 Å². The number of thioether (sulfide) groups is 1. The van der Waals surface area contributed by atoms with Gasteiger partial charge in [0, 0.05) is 10.7 Å². The van der Waals surface area contributed by atoms with Gasteiger partial charge in [0.25, 0.3) is 0 Å². The van der Waals surface area contributed by atoms with Crippen molar-refractivity contribution in [1.29, 1.82) is 0 Å². The van der Waals surface area contributed by atoms with Gasteiger partial charge in [0.15, 0.2) is 0 Å². The Morgan fingerprint density at radius 1 is 0.893 bits per heavy atom. The van der Waals surface area contributed by atoms with Crippen LogP contribution >= 0.6 is 23.4 Å². The van der Waals surface area contributed by atoms with Crippen LogP contribution < -0.4 is 14.4 Å². The molecule has 1 saturated heterocycles. The number of nitrogens with zero attached hydrogens (tertiary/aromatic N) is 1. The second-order valence-electron chi connectivity index (χ2n) is 6.25. The van der Waals surface area contributed by atoms with E-state index < -0.39 is 0 Å². The fourth-order valence-corrected chi connectivity index (χ4v) is 4.34. The van der Waals surface area contributed by atoms with Crippen molar-refractivity contribution in [2.45, 2.75) is 5.37 Å². The molecule has 0 bridgehead atoms. The smallest absolute Gasteiger partial charge is 0.238 e. The van der Waals surface area contributed by atoms with Gasteiger partial charge in [0.05, 0.1) is 12.9 Å². The van der Waals surface area contributed by atoms with E-state index in [-0.39, 0.29) is 11.3 Å². The molecule has 1 fully saturated rings. The molecular weight excluding hydrogens is 394 g/mol. The maximum atomic E-state index is 12.5. The van der Waals surface area contributed by atoms with Crippen LogP contribution in [0.5, 0.6) is 17.2 Å². The van der Waals surface area contributed by atoms with E-state index in [1.807, 2.05) is 65.6 Å². The molecule has 0 unspecified atom stereocenters. The van der Waals surface area contributed by atoms with E-state index >= 15 is 0 Å². The van der Waals surface area contributed by atoms with E-state index in [0.717, 1.165) is 17.0 Å². The van der Waals surface area contributed by atoms with E-state index in [9.17, 15) is 4.79 Å². The number of anilines is 1. The topological polar surface area (TPSA) is 38.8 Å². The first-order chi connectivity index (χ1) is 13.6. The number of benzene rings is 3. The average molecular weight is 412 g/mol. The molecule has 1 atom stereocenters. The molecule has 0 aromatic heterocycles. The minimum atomic E-state index is -0.0542. The molecule has 0 saturated carbocycles. The Kier molecular flexibility index (Phi) is 5.46. The number of ether oxygens (including phenoxy) is 2. The summed E-state index contributed by atoms with van der Waals surface area (Å²) in [6, 6.07) is 22.6. The second kappa shape index (κ2) is 8.17. The average Bonchev–Trinajstić information content (AvgIpc) is 3.12. The summed E-state index contributed by atoms with van der Waals surface area (Å²) < 4.78 is 11.1. The van der Waals surface area contributed by atoms with Crippen molar-refractivity contribution in [3.05, 3.63) is 83.4 Å². The number of hydrogen-bond acceptors (Lipinski definition) is 4. The first kappa shape index (κ1) is 18.7. The largest absolute Gasteiger partial charge is 0.497 e. The number of hydrogen-bond donors (Lipinski definition) is 0. The minimum absolute atomic E-state index is 0.0542. The first-order valence-corrected chi connectivity index (χ1v) is 10.2. The molecule has 1 amide bonds. The van der Waals surface area contributed by atoms with Crippen molar-refractivity contribution in [2.24, 2.45) is 0 Å². The van der Waals surface area contributed by atoms with E-state index in [1.165, 1.54) is 0 Å². The zero-order chi connectivity index (χ0) is 19.5. The summed E-state index contributed by atoms with van der Waals surface area (Å²) in [5, 5.41) is 0.610. The molecule has 0 radical (unpaired) electrons. The zero-order valence-electron chi connectivity index (χ0n) is 15.2. The lowest BCUT2D eigenvalue weighted by Crippen LogP contribution is -2.27. The van der Waals surface area contributed by atoms with Gasteiger partial charge < -0.3 is 9.47 Å². The fourth-order valence-electron chi connectivity index (χ4n) is 3.03. The Labute approximate surface area is 173 Å². The number of carbonyl (C=O) groups is 1. The van der Waals surface area contributed by atoms with E-state index in [4.69, 9.17) is 21.1 Å². The van der Waals surface area contributed by atoms with Crippen LogP contribution in [-0.4, -0.2) is 18.8 Å². The van der Waals surface area contributed by atoms with Gasteiger partial charge in [-0.15, -0.1) is 11.8 Å². The number of carbonyl (C=O) groups excluding carboxylic acids is 1. The van der Waals surface area contributed by atoms with Crippen LogP contribution in [0.25, 0.3) is 0 Å². The Morgan fingerprint density at radius 3 is 2.07 bits per heavy atom. The number of rotatable bonds is 5. The van der Waals surface area contributed by atoms with Crippen LogP contribution in [0.1, 0.15) is 10.9 Å². The SMILES string of the molecule is COc1ccc([C@@H]2SCC(=O)N2c2ccc(Oc3ccc(Cl)cc3)cc2)cc1. The summed E-state index contributed by atoms with van der Waals surface area (Å²) in [6.45, 7) is 0. The molecule has 1 aliphatic rings. The Hall–Kier alpha value is -2.63. The molecule has 0 N–H and O–H groups in total. The van der Waals surface area contributed by atoms with Crippen molar-refractivity contribution >= 4 is 35.0 Å². The summed E-state index contributed by atoms with van der Waals surface area (Å²) in [6.07, 6.45) is 0. The molecule has 6 heteroatoms. The van der Waals surface area contributed by atoms with Crippen LogP contribution in [0.4, 0.5) is 5.69 Å². The van der Waals surface area contributed by atoms with Crippen molar-refractivity contribution in [2.75, 3.05) is 17.8 Å². The third-order valence-electron chi connectivity index (χ3n) is 4.43. The Bertz CT molecular complexity index is 959. The fraction of sp³-hybridized carbons (Fsp3) is 0.136. The molecule has 4 rings (SSSR count). The summed E-state index contributed by atoms with van der Waals surface area (Å²) in [5.41, 5.74) is 1.91. The molecule has 28 heavy (non-hydrogen) atoms. The summed E-state index contributed by atoms with van der Waals surface area (Å²) >= 11 is 7.52. The first-order valence-electron chi connectivity index (χ1n) is 8.75. The lowest BCUT2D eigenvalue weighted by atomic mass is 10.1. The minimum Gasteiger partial charge on any atom is -0.497 e. The van der Waals surface area contributed by atoms with Gasteiger partial charge in [-0.25, -0.2) is 0 Å². The predicted octanol–water partition coefficient (Wildman–Crippen LogP) is 5.92. The standard InChI is InChI=1S/C22H18ClNO3S/c1-26-18-8-2-15(3-9-18)22-24(21(25)14-28-22)17-6-12-20(13-7-17)27-19-10-4-16(23)5-11-19/h2-13,22H,14H2,1H3/t22-/m0/s1. The molecule has 4 nitrogen and oxygen atoms in total. The van der Waals surface area contributed by atoms with Crippen molar-refractivity contribution in [3.8, 4) is 17.2 Å². The molecule has 0 spiro atoms. The van der Waals surface area contributed by atoms with E-state index in [2.05, 4.69) is 0 Å². The predicted molar refractivity (Wildman–Crippen MR) is 114 cm³/mol. The summed E-state index contributed by atoms with van der Waals surface area (Å²) in [4.78, 5) is 14.4. The highest BCUT2D eigenvalue weighted by molar-refractivity contribution is 8.00. The quantitative estimate of drug-likeness (QED) is 0.522. The molecular formula is C22H18ClNO3S. The molecule has 1 aliphatic heterocycles. The highest BCUT2D eigenvalue weighted by atomic mass is 35.5. The number of amides is 1. The lowest BCUT2D eigenvalue weighted by Gasteiger charge is -2.24. The summed E-state index contributed by atoms with van der Waals surface area (Å²) in [7, 11) is 1.64. The normalized spacial score (nSPS) is 16.3. The highest BCUT2D eigenvalue weighted by Gasteiger charge is 2.34. The van der Waals surface area contributed by atoms with E-state index in [0.29, 0.717) is 22.3 Å².